The molecule has 1 aliphatic rings. The first-order valence-electron chi connectivity index (χ1n) is 7.75. The summed E-state index contributed by atoms with van der Waals surface area (Å²) in [5.74, 6) is -1.000. The molecule has 3 rings (SSSR count). The van der Waals surface area contributed by atoms with Crippen LogP contribution in [0.2, 0.25) is 10.2 Å². The third-order valence-corrected chi connectivity index (χ3v) is 6.36. The van der Waals surface area contributed by atoms with Crippen LogP contribution in [0.1, 0.15) is 23.3 Å². The van der Waals surface area contributed by atoms with Gasteiger partial charge in [0.25, 0.3) is 5.91 Å². The molecule has 0 unspecified atom stereocenters. The molecule has 1 aromatic heterocycles. The van der Waals surface area contributed by atoms with E-state index < -0.39 is 15.9 Å². The lowest BCUT2D eigenvalue weighted by atomic mass is 10.2. The summed E-state index contributed by atoms with van der Waals surface area (Å²) in [7, 11) is -3.69. The van der Waals surface area contributed by atoms with Gasteiger partial charge in [0, 0.05) is 13.1 Å². The highest BCUT2D eigenvalue weighted by Crippen LogP contribution is 2.30. The Bertz CT molecular complexity index is 960. The standard InChI is InChI=1S/C16H15Cl2N3O4S/c17-11-4-6-14(18)20-15(11)16(23)19-12-9-10(3-5-13(12)22)26(24,25)21-7-1-2-8-21/h3-6,9,22H,1-2,7-8H2,(H,19,23). The number of pyridine rings is 1. The zero-order valence-electron chi connectivity index (χ0n) is 13.4. The number of benzene rings is 1. The fraction of sp³-hybridized carbons (Fsp3) is 0.250. The SMILES string of the molecule is O=C(Nc1cc(S(=O)(=O)N2CCCC2)ccc1O)c1nc(Cl)ccc1Cl. The molecule has 26 heavy (non-hydrogen) atoms. The number of hydrogen-bond donors (Lipinski definition) is 2. The largest absolute Gasteiger partial charge is 0.506 e. The summed E-state index contributed by atoms with van der Waals surface area (Å²) in [4.78, 5) is 16.2. The lowest BCUT2D eigenvalue weighted by Crippen LogP contribution is -2.28. The number of halogens is 2. The maximum Gasteiger partial charge on any atom is 0.275 e. The number of aromatic nitrogens is 1. The monoisotopic (exact) mass is 415 g/mol. The fourth-order valence-electron chi connectivity index (χ4n) is 2.61. The number of phenolic OH excluding ortho intramolecular Hbond substituents is 1. The number of phenols is 1. The van der Waals surface area contributed by atoms with Crippen LogP contribution in [0.3, 0.4) is 0 Å². The van der Waals surface area contributed by atoms with E-state index in [1.807, 2.05) is 0 Å². The first kappa shape index (κ1) is 18.9. The zero-order valence-corrected chi connectivity index (χ0v) is 15.8. The van der Waals surface area contributed by atoms with Crippen LogP contribution < -0.4 is 5.32 Å². The molecule has 1 aromatic carbocycles. The number of sulfonamides is 1. The number of carbonyl (C=O) groups excluding carboxylic acids is 1. The molecule has 0 saturated carbocycles. The smallest absolute Gasteiger partial charge is 0.275 e. The molecule has 1 aliphatic heterocycles. The first-order valence-corrected chi connectivity index (χ1v) is 9.95. The summed E-state index contributed by atoms with van der Waals surface area (Å²) in [6, 6.07) is 6.56. The Morgan fingerprint density at radius 1 is 1.15 bits per heavy atom. The van der Waals surface area contributed by atoms with E-state index in [9.17, 15) is 18.3 Å². The Labute approximate surface area is 160 Å². The Balaban J connectivity index is 1.91. The summed E-state index contributed by atoms with van der Waals surface area (Å²) in [5, 5.41) is 12.6. The van der Waals surface area contributed by atoms with Crippen molar-refractivity contribution in [3.05, 3.63) is 46.2 Å². The van der Waals surface area contributed by atoms with Gasteiger partial charge in [-0.2, -0.15) is 4.31 Å². The lowest BCUT2D eigenvalue weighted by Gasteiger charge is -2.16. The number of aromatic hydroxyl groups is 1. The third-order valence-electron chi connectivity index (χ3n) is 3.95. The fourth-order valence-corrected chi connectivity index (χ4v) is 4.49. The van der Waals surface area contributed by atoms with Crippen LogP contribution in [-0.2, 0) is 10.0 Å². The summed E-state index contributed by atoms with van der Waals surface area (Å²) < 4.78 is 26.6. The van der Waals surface area contributed by atoms with E-state index in [1.54, 1.807) is 0 Å². The van der Waals surface area contributed by atoms with Gasteiger partial charge in [0.2, 0.25) is 10.0 Å². The van der Waals surface area contributed by atoms with E-state index >= 15 is 0 Å². The highest BCUT2D eigenvalue weighted by molar-refractivity contribution is 7.89. The van der Waals surface area contributed by atoms with Gasteiger partial charge in [0.05, 0.1) is 15.6 Å². The number of anilines is 1. The van der Waals surface area contributed by atoms with Crippen molar-refractivity contribution >= 4 is 44.8 Å². The van der Waals surface area contributed by atoms with Crippen LogP contribution >= 0.6 is 23.2 Å². The predicted octanol–water partition coefficient (Wildman–Crippen LogP) is 3.13. The lowest BCUT2D eigenvalue weighted by molar-refractivity contribution is 0.102. The van der Waals surface area contributed by atoms with Crippen molar-refractivity contribution in [1.82, 2.24) is 9.29 Å². The van der Waals surface area contributed by atoms with Gasteiger partial charge in [-0.15, -0.1) is 0 Å². The molecule has 7 nitrogen and oxygen atoms in total. The van der Waals surface area contributed by atoms with Crippen molar-refractivity contribution in [3.8, 4) is 5.75 Å². The third kappa shape index (κ3) is 3.78. The average molecular weight is 416 g/mol. The van der Waals surface area contributed by atoms with Crippen molar-refractivity contribution in [3.63, 3.8) is 0 Å². The molecule has 1 fully saturated rings. The Kier molecular flexibility index (Phi) is 5.38. The van der Waals surface area contributed by atoms with Crippen LogP contribution in [0.25, 0.3) is 0 Å². The van der Waals surface area contributed by atoms with Gasteiger partial charge in [-0.05, 0) is 43.2 Å². The van der Waals surface area contributed by atoms with Gasteiger partial charge >= 0.3 is 0 Å². The number of amides is 1. The van der Waals surface area contributed by atoms with Crippen molar-refractivity contribution in [2.45, 2.75) is 17.7 Å². The maximum atomic E-state index is 12.6. The van der Waals surface area contributed by atoms with Crippen LogP contribution in [0.15, 0.2) is 35.2 Å². The predicted molar refractivity (Wildman–Crippen MR) is 98.3 cm³/mol. The molecule has 0 spiro atoms. The quantitative estimate of drug-likeness (QED) is 0.589. The normalized spacial score (nSPS) is 15.2. The molecular formula is C16H15Cl2N3O4S. The summed E-state index contributed by atoms with van der Waals surface area (Å²) in [6.07, 6.45) is 1.61. The van der Waals surface area contributed by atoms with Gasteiger partial charge < -0.3 is 10.4 Å². The van der Waals surface area contributed by atoms with E-state index in [4.69, 9.17) is 23.2 Å². The van der Waals surface area contributed by atoms with E-state index in [2.05, 4.69) is 10.3 Å². The van der Waals surface area contributed by atoms with Crippen molar-refractivity contribution in [2.75, 3.05) is 18.4 Å². The first-order chi connectivity index (χ1) is 12.3. The van der Waals surface area contributed by atoms with Crippen LogP contribution in [0.5, 0.6) is 5.75 Å². The van der Waals surface area contributed by atoms with Crippen molar-refractivity contribution in [2.24, 2.45) is 0 Å². The minimum atomic E-state index is -3.69. The van der Waals surface area contributed by atoms with Crippen molar-refractivity contribution < 1.29 is 18.3 Å². The molecular weight excluding hydrogens is 401 g/mol. The van der Waals surface area contributed by atoms with E-state index in [-0.39, 0.29) is 32.2 Å². The number of hydrogen-bond acceptors (Lipinski definition) is 5. The Morgan fingerprint density at radius 3 is 2.54 bits per heavy atom. The minimum absolute atomic E-state index is 0.0161. The van der Waals surface area contributed by atoms with E-state index in [0.29, 0.717) is 13.1 Å². The Morgan fingerprint density at radius 2 is 1.85 bits per heavy atom. The summed E-state index contributed by atoms with van der Waals surface area (Å²) in [5.41, 5.74) is -0.195. The van der Waals surface area contributed by atoms with Crippen LogP contribution in [0.4, 0.5) is 5.69 Å². The molecule has 2 heterocycles. The van der Waals surface area contributed by atoms with E-state index in [0.717, 1.165) is 12.8 Å². The molecule has 2 N–H and O–H groups in total. The molecule has 10 heteroatoms. The second kappa shape index (κ2) is 7.40. The molecule has 0 radical (unpaired) electrons. The van der Waals surface area contributed by atoms with Gasteiger partial charge in [-0.1, -0.05) is 23.2 Å². The Hall–Kier alpha value is -1.87. The summed E-state index contributed by atoms with van der Waals surface area (Å²) in [6.45, 7) is 0.903. The molecule has 2 aromatic rings. The van der Waals surface area contributed by atoms with Crippen LogP contribution in [-0.4, -0.2) is 41.8 Å². The maximum absolute atomic E-state index is 12.6. The number of nitrogens with one attached hydrogen (secondary N) is 1. The van der Waals surface area contributed by atoms with Gasteiger partial charge in [-0.3, -0.25) is 4.79 Å². The van der Waals surface area contributed by atoms with Gasteiger partial charge in [0.1, 0.15) is 16.6 Å². The van der Waals surface area contributed by atoms with Gasteiger partial charge in [-0.25, -0.2) is 13.4 Å². The molecule has 0 bridgehead atoms. The van der Waals surface area contributed by atoms with Crippen LogP contribution in [0, 0.1) is 0 Å². The molecule has 0 aliphatic carbocycles. The number of rotatable bonds is 4. The number of carbonyl (C=O) groups is 1. The summed E-state index contributed by atoms with van der Waals surface area (Å²) >= 11 is 11.7. The molecule has 1 amide bonds. The van der Waals surface area contributed by atoms with E-state index in [1.165, 1.54) is 34.6 Å². The topological polar surface area (TPSA) is 99.6 Å². The second-order valence-corrected chi connectivity index (χ2v) is 8.44. The number of nitrogens with zero attached hydrogens (tertiary/aromatic N) is 2. The minimum Gasteiger partial charge on any atom is -0.506 e. The molecule has 1 saturated heterocycles. The second-order valence-electron chi connectivity index (χ2n) is 5.71. The van der Waals surface area contributed by atoms with Crippen molar-refractivity contribution in [1.29, 1.82) is 0 Å². The highest BCUT2D eigenvalue weighted by Gasteiger charge is 2.28. The molecule has 0 atom stereocenters. The zero-order chi connectivity index (χ0) is 18.9. The van der Waals surface area contributed by atoms with Gasteiger partial charge in [0.15, 0.2) is 0 Å². The highest BCUT2D eigenvalue weighted by atomic mass is 35.5. The molecule has 138 valence electrons. The average Bonchev–Trinajstić information content (AvgIpc) is 3.14.